The van der Waals surface area contributed by atoms with E-state index in [-0.39, 0.29) is 12.0 Å². The van der Waals surface area contributed by atoms with Gasteiger partial charge in [0.25, 0.3) is 5.91 Å². The topological polar surface area (TPSA) is 79.7 Å². The molecule has 6 heteroatoms. The molecule has 0 bridgehead atoms. The molecule has 1 amide bonds. The molecule has 112 valence electrons. The van der Waals surface area contributed by atoms with Gasteiger partial charge < -0.3 is 14.7 Å². The second-order valence-electron chi connectivity index (χ2n) is 4.83. The van der Waals surface area contributed by atoms with Gasteiger partial charge in [0.2, 0.25) is 0 Å². The molecule has 1 aromatic heterocycles. The van der Waals surface area contributed by atoms with E-state index in [1.807, 2.05) is 6.92 Å². The first-order valence-corrected chi connectivity index (χ1v) is 6.87. The number of rotatable bonds is 4. The van der Waals surface area contributed by atoms with Crippen LogP contribution in [0.5, 0.6) is 0 Å². The Kier molecular flexibility index (Phi) is 5.05. The van der Waals surface area contributed by atoms with E-state index in [4.69, 9.17) is 9.84 Å². The number of carboxylic acid groups (broad SMARTS) is 1. The minimum Gasteiger partial charge on any atom is -0.478 e. The van der Waals surface area contributed by atoms with Gasteiger partial charge >= 0.3 is 5.97 Å². The number of hydrogen-bond donors (Lipinski definition) is 1. The van der Waals surface area contributed by atoms with Crippen LogP contribution >= 0.6 is 0 Å². The second-order valence-corrected chi connectivity index (χ2v) is 4.83. The van der Waals surface area contributed by atoms with E-state index in [2.05, 4.69) is 4.98 Å². The van der Waals surface area contributed by atoms with Crippen LogP contribution < -0.4 is 0 Å². The third kappa shape index (κ3) is 4.13. The fraction of sp³-hybridized carbons (Fsp3) is 0.400. The Morgan fingerprint density at radius 2 is 2.33 bits per heavy atom. The molecule has 1 aromatic rings. The lowest BCUT2D eigenvalue weighted by molar-refractivity contribution is -0.131. The summed E-state index contributed by atoms with van der Waals surface area (Å²) in [6.45, 7) is 3.70. The maximum absolute atomic E-state index is 12.4. The smallest absolute Gasteiger partial charge is 0.328 e. The van der Waals surface area contributed by atoms with Crippen molar-refractivity contribution >= 4 is 18.0 Å². The largest absolute Gasteiger partial charge is 0.478 e. The van der Waals surface area contributed by atoms with Crippen LogP contribution in [0.1, 0.15) is 29.3 Å². The number of pyridine rings is 1. The summed E-state index contributed by atoms with van der Waals surface area (Å²) >= 11 is 0. The number of hydrogen-bond acceptors (Lipinski definition) is 4. The molecule has 1 atom stereocenters. The number of carbonyl (C=O) groups excluding carboxylic acids is 1. The number of morpholine rings is 1. The molecule has 0 aromatic carbocycles. The third-order valence-corrected chi connectivity index (χ3v) is 3.31. The number of carboxylic acids is 1. The van der Waals surface area contributed by atoms with Gasteiger partial charge in [0, 0.05) is 31.6 Å². The van der Waals surface area contributed by atoms with Crippen molar-refractivity contribution in [3.05, 3.63) is 35.7 Å². The van der Waals surface area contributed by atoms with Crippen LogP contribution in [0.3, 0.4) is 0 Å². The third-order valence-electron chi connectivity index (χ3n) is 3.31. The van der Waals surface area contributed by atoms with E-state index < -0.39 is 5.97 Å². The maximum Gasteiger partial charge on any atom is 0.328 e. The van der Waals surface area contributed by atoms with E-state index in [0.717, 1.165) is 12.5 Å². The molecular formula is C15H18N2O4. The van der Waals surface area contributed by atoms with Gasteiger partial charge in [0.1, 0.15) is 0 Å². The van der Waals surface area contributed by atoms with Gasteiger partial charge in [0.05, 0.1) is 18.3 Å². The van der Waals surface area contributed by atoms with Crippen LogP contribution in [0, 0.1) is 0 Å². The molecule has 1 saturated heterocycles. The van der Waals surface area contributed by atoms with Gasteiger partial charge in [-0.05, 0) is 24.1 Å². The average Bonchev–Trinajstić information content (AvgIpc) is 2.52. The molecule has 2 rings (SSSR count). The van der Waals surface area contributed by atoms with Crippen molar-refractivity contribution in [2.75, 3.05) is 19.7 Å². The summed E-state index contributed by atoms with van der Waals surface area (Å²) in [5.74, 6) is -1.14. The average molecular weight is 290 g/mol. The molecule has 21 heavy (non-hydrogen) atoms. The Balaban J connectivity index is 2.12. The lowest BCUT2D eigenvalue weighted by atomic mass is 10.1. The van der Waals surface area contributed by atoms with Gasteiger partial charge in [-0.15, -0.1) is 0 Å². The predicted octanol–water partition coefficient (Wildman–Crippen LogP) is 1.43. The van der Waals surface area contributed by atoms with Crippen LogP contribution in [0.2, 0.25) is 0 Å². The first-order valence-electron chi connectivity index (χ1n) is 6.87. The number of amides is 1. The number of nitrogens with zero attached hydrogens (tertiary/aromatic N) is 2. The first kappa shape index (κ1) is 15.2. The second kappa shape index (κ2) is 6.99. The maximum atomic E-state index is 12.4. The quantitative estimate of drug-likeness (QED) is 0.849. The lowest BCUT2D eigenvalue weighted by Crippen LogP contribution is -2.45. The Morgan fingerprint density at radius 3 is 3.05 bits per heavy atom. The monoisotopic (exact) mass is 290 g/mol. The molecule has 1 fully saturated rings. The van der Waals surface area contributed by atoms with Crippen LogP contribution in [-0.4, -0.2) is 52.7 Å². The summed E-state index contributed by atoms with van der Waals surface area (Å²) in [7, 11) is 0. The molecule has 1 aliphatic rings. The van der Waals surface area contributed by atoms with Crippen LogP contribution in [0.4, 0.5) is 0 Å². The highest BCUT2D eigenvalue weighted by molar-refractivity contribution is 5.95. The summed E-state index contributed by atoms with van der Waals surface area (Å²) in [4.78, 5) is 28.7. The van der Waals surface area contributed by atoms with E-state index in [1.165, 1.54) is 18.5 Å². The molecule has 0 saturated carbocycles. The fourth-order valence-electron chi connectivity index (χ4n) is 2.17. The summed E-state index contributed by atoms with van der Waals surface area (Å²) < 4.78 is 5.55. The van der Waals surface area contributed by atoms with Gasteiger partial charge in [-0.3, -0.25) is 9.78 Å². The number of aromatic nitrogens is 1. The zero-order chi connectivity index (χ0) is 15.2. The molecule has 1 aliphatic heterocycles. The molecule has 1 unspecified atom stereocenters. The van der Waals surface area contributed by atoms with E-state index in [0.29, 0.717) is 30.8 Å². The highest BCUT2D eigenvalue weighted by atomic mass is 16.5. The van der Waals surface area contributed by atoms with Crippen molar-refractivity contribution in [1.82, 2.24) is 9.88 Å². The van der Waals surface area contributed by atoms with E-state index >= 15 is 0 Å². The molecule has 1 N–H and O–H groups in total. The highest BCUT2D eigenvalue weighted by Crippen LogP contribution is 2.13. The summed E-state index contributed by atoms with van der Waals surface area (Å²) in [6.07, 6.45) is 6.39. The fourth-order valence-corrected chi connectivity index (χ4v) is 2.17. The number of aliphatic carboxylic acids is 1. The molecule has 0 radical (unpaired) electrons. The van der Waals surface area contributed by atoms with Crippen molar-refractivity contribution in [1.29, 1.82) is 0 Å². The standard InChI is InChI=1S/C15H18N2O4/c1-2-13-10-17(5-6-21-13)15(20)12-7-11(8-16-9-12)3-4-14(18)19/h3-4,7-9,13H,2,5-6,10H2,1H3,(H,18,19). The SMILES string of the molecule is CCC1CN(C(=O)c2cncc(C=CC(=O)O)c2)CCO1. The van der Waals surface area contributed by atoms with E-state index in [1.54, 1.807) is 11.0 Å². The molecule has 0 aliphatic carbocycles. The Labute approximate surface area is 123 Å². The zero-order valence-electron chi connectivity index (χ0n) is 11.9. The van der Waals surface area contributed by atoms with Gasteiger partial charge in [0.15, 0.2) is 0 Å². The number of carbonyl (C=O) groups is 2. The van der Waals surface area contributed by atoms with Crippen molar-refractivity contribution in [3.8, 4) is 0 Å². The van der Waals surface area contributed by atoms with Crippen molar-refractivity contribution < 1.29 is 19.4 Å². The molecule has 0 spiro atoms. The Bertz CT molecular complexity index is 556. The minimum atomic E-state index is -1.04. The molecule has 2 heterocycles. The first-order chi connectivity index (χ1) is 10.1. The van der Waals surface area contributed by atoms with E-state index in [9.17, 15) is 9.59 Å². The number of ether oxygens (including phenoxy) is 1. The molecule has 6 nitrogen and oxygen atoms in total. The van der Waals surface area contributed by atoms with Gasteiger partial charge in [-0.1, -0.05) is 6.92 Å². The highest BCUT2D eigenvalue weighted by Gasteiger charge is 2.24. The Morgan fingerprint density at radius 1 is 1.52 bits per heavy atom. The van der Waals surface area contributed by atoms with Gasteiger partial charge in [-0.2, -0.15) is 0 Å². The zero-order valence-corrected chi connectivity index (χ0v) is 11.9. The minimum absolute atomic E-state index is 0.0748. The van der Waals surface area contributed by atoms with Crippen LogP contribution in [0.15, 0.2) is 24.5 Å². The van der Waals surface area contributed by atoms with Crippen molar-refractivity contribution in [2.45, 2.75) is 19.4 Å². The predicted molar refractivity (Wildman–Crippen MR) is 76.8 cm³/mol. The summed E-state index contributed by atoms with van der Waals surface area (Å²) in [5.41, 5.74) is 1.04. The summed E-state index contributed by atoms with van der Waals surface area (Å²) in [6, 6.07) is 1.64. The van der Waals surface area contributed by atoms with Crippen molar-refractivity contribution in [3.63, 3.8) is 0 Å². The normalized spacial score (nSPS) is 18.9. The van der Waals surface area contributed by atoms with Crippen molar-refractivity contribution in [2.24, 2.45) is 0 Å². The summed E-state index contributed by atoms with van der Waals surface area (Å²) in [5, 5.41) is 8.62. The van der Waals surface area contributed by atoms with Gasteiger partial charge in [-0.25, -0.2) is 4.79 Å². The van der Waals surface area contributed by atoms with Crippen LogP contribution in [0.25, 0.3) is 6.08 Å². The Hall–Kier alpha value is -2.21. The lowest BCUT2D eigenvalue weighted by Gasteiger charge is -2.32. The molecular weight excluding hydrogens is 272 g/mol. The van der Waals surface area contributed by atoms with Crippen LogP contribution in [-0.2, 0) is 9.53 Å².